The number of carbonyl (C=O) groups excluding carboxylic acids is 2. The number of carbonyl (C=O) groups is 2. The average Bonchev–Trinajstić information content (AvgIpc) is 2.62. The second-order valence-electron chi connectivity index (χ2n) is 5.66. The van der Waals surface area contributed by atoms with Crippen LogP contribution in [-0.2, 0) is 15.0 Å². The maximum absolute atomic E-state index is 12.5. The summed E-state index contributed by atoms with van der Waals surface area (Å²) in [6.45, 7) is 0.943. The Kier molecular flexibility index (Phi) is 4.28. The van der Waals surface area contributed by atoms with Crippen molar-refractivity contribution in [3.8, 4) is 0 Å². The zero-order chi connectivity index (χ0) is 16.5. The minimum Gasteiger partial charge on any atom is -0.391 e. The Bertz CT molecular complexity index is 573. The predicted octanol–water partition coefficient (Wildman–Crippen LogP) is 2.02. The predicted molar refractivity (Wildman–Crippen MR) is 71.8 cm³/mol. The van der Waals surface area contributed by atoms with E-state index in [9.17, 15) is 27.9 Å². The number of halogens is 3. The highest BCUT2D eigenvalue weighted by atomic mass is 19.4. The monoisotopic (exact) mass is 315 g/mol. The van der Waals surface area contributed by atoms with E-state index in [2.05, 4.69) is 0 Å². The van der Waals surface area contributed by atoms with Crippen molar-refractivity contribution in [1.82, 2.24) is 4.90 Å². The van der Waals surface area contributed by atoms with Gasteiger partial charge in [0.25, 0.3) is 0 Å². The molecule has 0 bridgehead atoms. The van der Waals surface area contributed by atoms with Crippen molar-refractivity contribution in [3.63, 3.8) is 0 Å². The third-order valence-electron chi connectivity index (χ3n) is 3.79. The van der Waals surface area contributed by atoms with Crippen molar-refractivity contribution in [2.75, 3.05) is 6.54 Å². The van der Waals surface area contributed by atoms with Crippen molar-refractivity contribution in [1.29, 1.82) is 0 Å². The van der Waals surface area contributed by atoms with Crippen molar-refractivity contribution in [2.24, 2.45) is 0 Å². The molecular weight excluding hydrogens is 299 g/mol. The molecule has 0 aliphatic carbocycles. The normalized spacial score (nSPS) is 24.0. The molecule has 22 heavy (non-hydrogen) atoms. The van der Waals surface area contributed by atoms with Gasteiger partial charge < -0.3 is 5.11 Å². The molecule has 0 aromatic heterocycles. The highest BCUT2D eigenvalue weighted by Gasteiger charge is 2.50. The van der Waals surface area contributed by atoms with E-state index < -0.39 is 42.5 Å². The molecule has 0 saturated carbocycles. The van der Waals surface area contributed by atoms with Gasteiger partial charge in [-0.3, -0.25) is 14.5 Å². The number of amides is 2. The standard InChI is InChI=1S/C15H16F3NO3/c1-14(10-5-3-2-4-6-10)8-12(21)19(13(14)22)9-11(20)7-15(16,17)18/h2-6,11,20H,7-9H2,1H3/t11-,14-/m0/s1. The Morgan fingerprint density at radius 3 is 2.41 bits per heavy atom. The van der Waals surface area contributed by atoms with Crippen LogP contribution in [0.1, 0.15) is 25.3 Å². The van der Waals surface area contributed by atoms with Gasteiger partial charge in [0.05, 0.1) is 24.5 Å². The fourth-order valence-corrected chi connectivity index (χ4v) is 2.64. The van der Waals surface area contributed by atoms with Gasteiger partial charge in [0, 0.05) is 6.42 Å². The number of nitrogens with zero attached hydrogens (tertiary/aromatic N) is 1. The first-order valence-electron chi connectivity index (χ1n) is 6.78. The Labute approximate surface area is 125 Å². The van der Waals surface area contributed by atoms with E-state index in [1.165, 1.54) is 0 Å². The van der Waals surface area contributed by atoms with Crippen molar-refractivity contribution >= 4 is 11.8 Å². The third kappa shape index (κ3) is 3.30. The largest absolute Gasteiger partial charge is 0.391 e. The maximum atomic E-state index is 12.5. The fraction of sp³-hybridized carbons (Fsp3) is 0.467. The number of aliphatic hydroxyl groups is 1. The molecule has 1 aliphatic heterocycles. The van der Waals surface area contributed by atoms with E-state index in [0.29, 0.717) is 5.56 Å². The van der Waals surface area contributed by atoms with Crippen molar-refractivity contribution in [3.05, 3.63) is 35.9 Å². The van der Waals surface area contributed by atoms with E-state index in [1.54, 1.807) is 37.3 Å². The highest BCUT2D eigenvalue weighted by Crippen LogP contribution is 2.36. The van der Waals surface area contributed by atoms with Crippen LogP contribution in [0.2, 0.25) is 0 Å². The number of benzene rings is 1. The third-order valence-corrected chi connectivity index (χ3v) is 3.79. The van der Waals surface area contributed by atoms with Gasteiger partial charge in [-0.2, -0.15) is 13.2 Å². The van der Waals surface area contributed by atoms with E-state index in [4.69, 9.17) is 0 Å². The zero-order valence-electron chi connectivity index (χ0n) is 11.9. The number of alkyl halides is 3. The Morgan fingerprint density at radius 2 is 1.86 bits per heavy atom. The summed E-state index contributed by atoms with van der Waals surface area (Å²) in [5, 5.41) is 9.46. The summed E-state index contributed by atoms with van der Waals surface area (Å²) in [7, 11) is 0. The lowest BCUT2D eigenvalue weighted by Crippen LogP contribution is -2.41. The smallest absolute Gasteiger partial charge is 0.391 e. The molecule has 1 heterocycles. The van der Waals surface area contributed by atoms with Gasteiger partial charge in [0.2, 0.25) is 11.8 Å². The van der Waals surface area contributed by atoms with Crippen molar-refractivity contribution in [2.45, 2.75) is 37.5 Å². The summed E-state index contributed by atoms with van der Waals surface area (Å²) in [5.74, 6) is -1.15. The summed E-state index contributed by atoms with van der Waals surface area (Å²) in [5.41, 5.74) is -0.475. The number of rotatable bonds is 4. The molecule has 0 radical (unpaired) electrons. The van der Waals surface area contributed by atoms with Gasteiger partial charge in [-0.15, -0.1) is 0 Å². The molecule has 7 heteroatoms. The first-order chi connectivity index (χ1) is 10.1. The van der Waals surface area contributed by atoms with E-state index in [1.807, 2.05) is 0 Å². The van der Waals surface area contributed by atoms with Gasteiger partial charge in [0.15, 0.2) is 0 Å². The van der Waals surface area contributed by atoms with Crippen LogP contribution in [0, 0.1) is 0 Å². The number of hydrogen-bond acceptors (Lipinski definition) is 3. The Balaban J connectivity index is 2.16. The average molecular weight is 315 g/mol. The second-order valence-corrected chi connectivity index (χ2v) is 5.66. The molecule has 1 aromatic carbocycles. The molecule has 1 aromatic rings. The first-order valence-corrected chi connectivity index (χ1v) is 6.78. The van der Waals surface area contributed by atoms with Crippen LogP contribution in [0.15, 0.2) is 30.3 Å². The summed E-state index contributed by atoms with van der Waals surface area (Å²) in [6.07, 6.45) is -7.93. The van der Waals surface area contributed by atoms with Crippen LogP contribution in [0.25, 0.3) is 0 Å². The van der Waals surface area contributed by atoms with Crippen LogP contribution in [-0.4, -0.2) is 40.6 Å². The minimum atomic E-state index is -4.55. The topological polar surface area (TPSA) is 57.6 Å². The minimum absolute atomic E-state index is 0.116. The number of hydrogen-bond donors (Lipinski definition) is 1. The second kappa shape index (κ2) is 5.72. The SMILES string of the molecule is C[C@@]1(c2ccccc2)CC(=O)N(C[C@@H](O)CC(F)(F)F)C1=O. The Hall–Kier alpha value is -1.89. The molecule has 0 spiro atoms. The molecule has 1 aliphatic rings. The molecule has 2 rings (SSSR count). The zero-order valence-corrected chi connectivity index (χ0v) is 11.9. The van der Waals surface area contributed by atoms with Gasteiger partial charge in [-0.05, 0) is 12.5 Å². The fourth-order valence-electron chi connectivity index (χ4n) is 2.64. The number of imide groups is 1. The molecule has 120 valence electrons. The molecule has 1 saturated heterocycles. The first kappa shape index (κ1) is 16.5. The lowest BCUT2D eigenvalue weighted by atomic mass is 9.81. The summed E-state index contributed by atoms with van der Waals surface area (Å²) < 4.78 is 36.7. The van der Waals surface area contributed by atoms with Crippen LogP contribution in [0.5, 0.6) is 0 Å². The van der Waals surface area contributed by atoms with E-state index in [-0.39, 0.29) is 6.42 Å². The molecular formula is C15H16F3NO3. The van der Waals surface area contributed by atoms with Crippen molar-refractivity contribution < 1.29 is 27.9 Å². The molecule has 2 amide bonds. The Morgan fingerprint density at radius 1 is 1.27 bits per heavy atom. The number of β-amino-alcohol motifs (C(OH)–C–C–N with tert-alkyl or cyclic N) is 1. The lowest BCUT2D eigenvalue weighted by molar-refractivity contribution is -0.160. The molecule has 2 atom stereocenters. The molecule has 4 nitrogen and oxygen atoms in total. The van der Waals surface area contributed by atoms with Gasteiger partial charge in [0.1, 0.15) is 0 Å². The summed E-state index contributed by atoms with van der Waals surface area (Å²) in [4.78, 5) is 25.2. The van der Waals surface area contributed by atoms with Crippen LogP contribution in [0.3, 0.4) is 0 Å². The van der Waals surface area contributed by atoms with Crippen LogP contribution >= 0.6 is 0 Å². The summed E-state index contributed by atoms with van der Waals surface area (Å²) in [6, 6.07) is 8.60. The quantitative estimate of drug-likeness (QED) is 0.865. The number of aliphatic hydroxyl groups excluding tert-OH is 1. The van der Waals surface area contributed by atoms with Gasteiger partial charge in [-0.25, -0.2) is 0 Å². The van der Waals surface area contributed by atoms with E-state index in [0.717, 1.165) is 4.90 Å². The highest BCUT2D eigenvalue weighted by molar-refractivity contribution is 6.08. The lowest BCUT2D eigenvalue weighted by Gasteiger charge is -2.24. The van der Waals surface area contributed by atoms with Crippen LogP contribution < -0.4 is 0 Å². The summed E-state index contributed by atoms with van der Waals surface area (Å²) >= 11 is 0. The molecule has 1 fully saturated rings. The maximum Gasteiger partial charge on any atom is 0.391 e. The van der Waals surface area contributed by atoms with Crippen LogP contribution in [0.4, 0.5) is 13.2 Å². The molecule has 1 N–H and O–H groups in total. The van der Waals surface area contributed by atoms with Gasteiger partial charge in [-0.1, -0.05) is 30.3 Å². The van der Waals surface area contributed by atoms with E-state index >= 15 is 0 Å². The number of likely N-dealkylation sites (tertiary alicyclic amines) is 1. The van der Waals surface area contributed by atoms with Gasteiger partial charge >= 0.3 is 6.18 Å². The molecule has 0 unspecified atom stereocenters.